The first-order chi connectivity index (χ1) is 7.58. The first kappa shape index (κ1) is 12.5. The number of carbonyl (C=O) groups excluding carboxylic acids is 1. The maximum absolute atomic E-state index is 11.2. The Labute approximate surface area is 97.0 Å². The average Bonchev–Trinajstić information content (AvgIpc) is 2.16. The van der Waals surface area contributed by atoms with Crippen LogP contribution in [-0.4, -0.2) is 30.2 Å². The number of rotatable bonds is 5. The molecule has 1 aromatic rings. The fraction of sp³-hybridized carbons (Fsp3) is 0.200. The second-order valence-electron chi connectivity index (χ2n) is 2.95. The van der Waals surface area contributed by atoms with Gasteiger partial charge < -0.3 is 15.2 Å². The summed E-state index contributed by atoms with van der Waals surface area (Å²) in [6, 6.07) is 6.62. The zero-order valence-corrected chi connectivity index (χ0v) is 9.03. The first-order valence-electron chi connectivity index (χ1n) is 4.43. The molecule has 0 radical (unpaired) electrons. The number of carboxylic acids is 1. The summed E-state index contributed by atoms with van der Waals surface area (Å²) in [4.78, 5) is 21.3. The molecular formula is C10H10ClNO4. The highest BCUT2D eigenvalue weighted by molar-refractivity contribution is 6.30. The number of nitrogens with one attached hydrogen (secondary N) is 1. The molecule has 0 aliphatic rings. The van der Waals surface area contributed by atoms with Crippen LogP contribution < -0.4 is 5.32 Å². The molecule has 5 nitrogen and oxygen atoms in total. The molecule has 0 bridgehead atoms. The van der Waals surface area contributed by atoms with E-state index in [4.69, 9.17) is 16.7 Å². The van der Waals surface area contributed by atoms with Gasteiger partial charge in [0.2, 0.25) is 5.91 Å². The highest BCUT2D eigenvalue weighted by Crippen LogP contribution is 2.14. The van der Waals surface area contributed by atoms with Gasteiger partial charge in [-0.05, 0) is 18.2 Å². The molecule has 0 saturated heterocycles. The monoisotopic (exact) mass is 243 g/mol. The fourth-order valence-electron chi connectivity index (χ4n) is 0.994. The predicted molar refractivity (Wildman–Crippen MR) is 58.5 cm³/mol. The number of amides is 1. The van der Waals surface area contributed by atoms with E-state index >= 15 is 0 Å². The Morgan fingerprint density at radius 1 is 1.38 bits per heavy atom. The number of carboxylic acid groups (broad SMARTS) is 1. The van der Waals surface area contributed by atoms with Crippen molar-refractivity contribution in [3.63, 3.8) is 0 Å². The van der Waals surface area contributed by atoms with Crippen LogP contribution in [0.4, 0.5) is 5.69 Å². The second kappa shape index (κ2) is 6.09. The molecule has 0 aliphatic heterocycles. The lowest BCUT2D eigenvalue weighted by Crippen LogP contribution is -2.20. The van der Waals surface area contributed by atoms with Crippen molar-refractivity contribution in [3.05, 3.63) is 29.3 Å². The summed E-state index contributed by atoms with van der Waals surface area (Å²) in [6.45, 7) is -0.804. The second-order valence-corrected chi connectivity index (χ2v) is 3.38. The molecule has 0 heterocycles. The van der Waals surface area contributed by atoms with Gasteiger partial charge in [0.1, 0.15) is 13.2 Å². The normalized spacial score (nSPS) is 9.81. The van der Waals surface area contributed by atoms with Crippen molar-refractivity contribution in [2.45, 2.75) is 0 Å². The summed E-state index contributed by atoms with van der Waals surface area (Å²) in [7, 11) is 0. The predicted octanol–water partition coefficient (Wildman–Crippen LogP) is 1.38. The van der Waals surface area contributed by atoms with E-state index in [0.29, 0.717) is 10.7 Å². The van der Waals surface area contributed by atoms with E-state index in [0.717, 1.165) is 0 Å². The molecule has 16 heavy (non-hydrogen) atoms. The lowest BCUT2D eigenvalue weighted by molar-refractivity contribution is -0.143. The topological polar surface area (TPSA) is 75.6 Å². The van der Waals surface area contributed by atoms with Gasteiger partial charge in [-0.1, -0.05) is 17.7 Å². The Morgan fingerprint density at radius 3 is 2.75 bits per heavy atom. The van der Waals surface area contributed by atoms with Crippen LogP contribution in [0.15, 0.2) is 24.3 Å². The van der Waals surface area contributed by atoms with E-state index in [1.54, 1.807) is 24.3 Å². The van der Waals surface area contributed by atoms with Gasteiger partial charge in [-0.15, -0.1) is 0 Å². The standard InChI is InChI=1S/C10H10ClNO4/c11-7-2-1-3-8(4-7)12-9(13)5-16-6-10(14)15/h1-4H,5-6H2,(H,12,13)(H,14,15). The molecule has 1 rings (SSSR count). The van der Waals surface area contributed by atoms with Gasteiger partial charge in [-0.25, -0.2) is 4.79 Å². The summed E-state index contributed by atoms with van der Waals surface area (Å²) in [5, 5.41) is 11.3. The maximum atomic E-state index is 11.2. The smallest absolute Gasteiger partial charge is 0.329 e. The van der Waals surface area contributed by atoms with Crippen LogP contribution in [0.3, 0.4) is 0 Å². The number of aliphatic carboxylic acids is 1. The third kappa shape index (κ3) is 4.77. The van der Waals surface area contributed by atoms with Gasteiger partial charge in [-0.3, -0.25) is 4.79 Å². The Balaban J connectivity index is 2.37. The molecule has 1 amide bonds. The Bertz CT molecular complexity index is 394. The average molecular weight is 244 g/mol. The van der Waals surface area contributed by atoms with Crippen LogP contribution in [0.5, 0.6) is 0 Å². The lowest BCUT2D eigenvalue weighted by atomic mass is 10.3. The van der Waals surface area contributed by atoms with Crippen molar-refractivity contribution in [1.82, 2.24) is 0 Å². The number of halogens is 1. The molecular weight excluding hydrogens is 234 g/mol. The molecule has 6 heteroatoms. The van der Waals surface area contributed by atoms with Gasteiger partial charge in [0.25, 0.3) is 0 Å². The molecule has 0 unspecified atom stereocenters. The molecule has 0 atom stereocenters. The van der Waals surface area contributed by atoms with Crippen LogP contribution in [0.1, 0.15) is 0 Å². The van der Waals surface area contributed by atoms with Gasteiger partial charge in [-0.2, -0.15) is 0 Å². The van der Waals surface area contributed by atoms with E-state index in [-0.39, 0.29) is 6.61 Å². The van der Waals surface area contributed by atoms with Gasteiger partial charge in [0.15, 0.2) is 0 Å². The lowest BCUT2D eigenvalue weighted by Gasteiger charge is -2.05. The van der Waals surface area contributed by atoms with Crippen LogP contribution in [0.2, 0.25) is 5.02 Å². The molecule has 86 valence electrons. The molecule has 0 aliphatic carbocycles. The molecule has 0 spiro atoms. The molecule has 2 N–H and O–H groups in total. The molecule has 1 aromatic carbocycles. The molecule has 0 saturated carbocycles. The van der Waals surface area contributed by atoms with Crippen molar-refractivity contribution in [2.75, 3.05) is 18.5 Å². The van der Waals surface area contributed by atoms with Crippen molar-refractivity contribution in [3.8, 4) is 0 Å². The zero-order valence-electron chi connectivity index (χ0n) is 8.27. The van der Waals surface area contributed by atoms with Gasteiger partial charge in [0.05, 0.1) is 0 Å². The minimum absolute atomic E-state index is 0.307. The summed E-state index contributed by atoms with van der Waals surface area (Å²) < 4.78 is 4.61. The van der Waals surface area contributed by atoms with Crippen LogP contribution in [-0.2, 0) is 14.3 Å². The highest BCUT2D eigenvalue weighted by Gasteiger charge is 2.04. The number of carbonyl (C=O) groups is 2. The summed E-state index contributed by atoms with van der Waals surface area (Å²) >= 11 is 5.71. The quantitative estimate of drug-likeness (QED) is 0.819. The Hall–Kier alpha value is -1.59. The molecule has 0 fully saturated rings. The summed E-state index contributed by atoms with van der Waals surface area (Å²) in [5.74, 6) is -1.54. The fourth-order valence-corrected chi connectivity index (χ4v) is 1.18. The van der Waals surface area contributed by atoms with Crippen LogP contribution in [0.25, 0.3) is 0 Å². The van der Waals surface area contributed by atoms with Crippen molar-refractivity contribution < 1.29 is 19.4 Å². The SMILES string of the molecule is O=C(O)COCC(=O)Nc1cccc(Cl)c1. The van der Waals surface area contributed by atoms with Crippen molar-refractivity contribution >= 4 is 29.2 Å². The molecule has 0 aromatic heterocycles. The van der Waals surface area contributed by atoms with E-state index in [1.807, 2.05) is 0 Å². The zero-order chi connectivity index (χ0) is 12.0. The Morgan fingerprint density at radius 2 is 2.12 bits per heavy atom. The van der Waals surface area contributed by atoms with Crippen LogP contribution in [0, 0.1) is 0 Å². The maximum Gasteiger partial charge on any atom is 0.329 e. The first-order valence-corrected chi connectivity index (χ1v) is 4.80. The summed E-state index contributed by atoms with van der Waals surface area (Å²) in [6.07, 6.45) is 0. The van der Waals surface area contributed by atoms with E-state index in [9.17, 15) is 9.59 Å². The number of ether oxygens (including phenoxy) is 1. The van der Waals surface area contributed by atoms with E-state index in [1.165, 1.54) is 0 Å². The van der Waals surface area contributed by atoms with Crippen molar-refractivity contribution in [2.24, 2.45) is 0 Å². The third-order valence-corrected chi connectivity index (χ3v) is 1.80. The highest BCUT2D eigenvalue weighted by atomic mass is 35.5. The van der Waals surface area contributed by atoms with Gasteiger partial charge >= 0.3 is 5.97 Å². The largest absolute Gasteiger partial charge is 0.480 e. The summed E-state index contributed by atoms with van der Waals surface area (Å²) in [5.41, 5.74) is 0.538. The number of hydrogen-bond donors (Lipinski definition) is 2. The van der Waals surface area contributed by atoms with E-state index < -0.39 is 18.5 Å². The van der Waals surface area contributed by atoms with Crippen LogP contribution >= 0.6 is 11.6 Å². The van der Waals surface area contributed by atoms with Gasteiger partial charge in [0, 0.05) is 10.7 Å². The minimum Gasteiger partial charge on any atom is -0.480 e. The number of anilines is 1. The number of benzene rings is 1. The Kier molecular flexibility index (Phi) is 4.75. The third-order valence-electron chi connectivity index (χ3n) is 1.57. The minimum atomic E-state index is -1.12. The number of hydrogen-bond acceptors (Lipinski definition) is 3. The van der Waals surface area contributed by atoms with E-state index in [2.05, 4.69) is 10.1 Å². The van der Waals surface area contributed by atoms with Crippen molar-refractivity contribution in [1.29, 1.82) is 0 Å².